The molecule has 0 fully saturated rings. The van der Waals surface area contributed by atoms with Crippen LogP contribution in [0.2, 0.25) is 0 Å². The summed E-state index contributed by atoms with van der Waals surface area (Å²) in [6.45, 7) is 0. The number of thiol groups is 1. The Kier molecular flexibility index (Phi) is 3.19. The predicted octanol–water partition coefficient (Wildman–Crippen LogP) is 1.37. The van der Waals surface area contributed by atoms with Gasteiger partial charge in [0, 0.05) is 11.4 Å². The van der Waals surface area contributed by atoms with Crippen molar-refractivity contribution in [2.24, 2.45) is 0 Å². The van der Waals surface area contributed by atoms with Gasteiger partial charge >= 0.3 is 5.97 Å². The molecule has 0 aromatic heterocycles. The molecule has 1 atom stereocenters. The summed E-state index contributed by atoms with van der Waals surface area (Å²) in [4.78, 5) is 10.8. The number of nitrogens with two attached hydrogens (primary N) is 1. The number of nitrogen functional groups attached to an aromatic ring is 1. The van der Waals surface area contributed by atoms with Crippen LogP contribution in [0.3, 0.4) is 0 Å². The van der Waals surface area contributed by atoms with Crippen LogP contribution in [0.4, 0.5) is 5.69 Å². The van der Waals surface area contributed by atoms with Gasteiger partial charge in [-0.1, -0.05) is 12.1 Å². The third-order valence-electron chi connectivity index (χ3n) is 1.79. The van der Waals surface area contributed by atoms with Gasteiger partial charge in [-0.15, -0.1) is 0 Å². The Hall–Kier alpha value is -1.16. The Morgan fingerprint density at radius 1 is 1.62 bits per heavy atom. The number of carboxylic acid groups (broad SMARTS) is 1. The first-order valence-electron chi connectivity index (χ1n) is 3.84. The summed E-state index contributed by atoms with van der Waals surface area (Å²) in [6, 6.07) is 6.87. The van der Waals surface area contributed by atoms with Crippen LogP contribution < -0.4 is 5.73 Å². The first-order valence-corrected chi connectivity index (χ1v) is 4.47. The van der Waals surface area contributed by atoms with Crippen molar-refractivity contribution in [3.8, 4) is 0 Å². The molecule has 0 aliphatic rings. The molecule has 0 aliphatic heterocycles. The normalized spacial score (nSPS) is 12.4. The van der Waals surface area contributed by atoms with E-state index < -0.39 is 11.9 Å². The molecule has 0 bridgehead atoms. The zero-order chi connectivity index (χ0) is 9.84. The minimum atomic E-state index is -0.874. The van der Waals surface area contributed by atoms with Crippen molar-refractivity contribution in [2.75, 3.05) is 11.5 Å². The van der Waals surface area contributed by atoms with Gasteiger partial charge in [-0.2, -0.15) is 12.6 Å². The molecule has 0 amide bonds. The summed E-state index contributed by atoms with van der Waals surface area (Å²) >= 11 is 3.98. The maximum absolute atomic E-state index is 10.8. The van der Waals surface area contributed by atoms with Gasteiger partial charge in [0.25, 0.3) is 0 Å². The number of anilines is 1. The Balaban J connectivity index is 2.98. The average Bonchev–Trinajstić information content (AvgIpc) is 2.04. The molecule has 13 heavy (non-hydrogen) atoms. The zero-order valence-corrected chi connectivity index (χ0v) is 7.87. The second-order valence-electron chi connectivity index (χ2n) is 2.74. The van der Waals surface area contributed by atoms with Gasteiger partial charge in [0.1, 0.15) is 0 Å². The van der Waals surface area contributed by atoms with Gasteiger partial charge in [0.2, 0.25) is 0 Å². The fourth-order valence-electron chi connectivity index (χ4n) is 1.10. The fraction of sp³-hybridized carbons (Fsp3) is 0.222. The lowest BCUT2D eigenvalue weighted by Gasteiger charge is -2.09. The monoisotopic (exact) mass is 197 g/mol. The molecule has 0 radical (unpaired) electrons. The van der Waals surface area contributed by atoms with E-state index in [2.05, 4.69) is 12.6 Å². The van der Waals surface area contributed by atoms with Gasteiger partial charge in [0.15, 0.2) is 0 Å². The van der Waals surface area contributed by atoms with E-state index in [9.17, 15) is 4.79 Å². The molecular weight excluding hydrogens is 186 g/mol. The molecule has 3 N–H and O–H groups in total. The molecule has 1 aromatic rings. The highest BCUT2D eigenvalue weighted by Crippen LogP contribution is 2.19. The number of benzene rings is 1. The van der Waals surface area contributed by atoms with Gasteiger partial charge in [0.05, 0.1) is 5.92 Å². The second kappa shape index (κ2) is 4.18. The van der Waals surface area contributed by atoms with Crippen molar-refractivity contribution in [3.05, 3.63) is 29.8 Å². The molecule has 1 aromatic carbocycles. The number of carboxylic acids is 1. The maximum Gasteiger partial charge on any atom is 0.311 e. The summed E-state index contributed by atoms with van der Waals surface area (Å²) in [5.74, 6) is -1.17. The molecular formula is C9H11NO2S. The van der Waals surface area contributed by atoms with Crippen molar-refractivity contribution in [2.45, 2.75) is 5.92 Å². The molecule has 70 valence electrons. The lowest BCUT2D eigenvalue weighted by Crippen LogP contribution is -2.13. The maximum atomic E-state index is 10.8. The van der Waals surface area contributed by atoms with E-state index in [1.54, 1.807) is 24.3 Å². The van der Waals surface area contributed by atoms with Gasteiger partial charge in [-0.25, -0.2) is 0 Å². The Morgan fingerprint density at radius 2 is 2.31 bits per heavy atom. The molecule has 0 saturated carbocycles. The molecule has 3 nitrogen and oxygen atoms in total. The van der Waals surface area contributed by atoms with Crippen LogP contribution in [0.25, 0.3) is 0 Å². The molecule has 0 aliphatic carbocycles. The van der Waals surface area contributed by atoms with E-state index in [-0.39, 0.29) is 5.75 Å². The Labute approximate surface area is 82.0 Å². The van der Waals surface area contributed by atoms with Crippen LogP contribution in [-0.4, -0.2) is 16.8 Å². The van der Waals surface area contributed by atoms with Crippen LogP contribution in [0, 0.1) is 0 Å². The van der Waals surface area contributed by atoms with Gasteiger partial charge in [-0.05, 0) is 17.7 Å². The summed E-state index contributed by atoms with van der Waals surface area (Å²) in [5, 5.41) is 8.83. The van der Waals surface area contributed by atoms with E-state index in [0.717, 1.165) is 0 Å². The van der Waals surface area contributed by atoms with Crippen LogP contribution in [0.15, 0.2) is 24.3 Å². The summed E-state index contributed by atoms with van der Waals surface area (Å²) in [6.07, 6.45) is 0. The van der Waals surface area contributed by atoms with Crippen LogP contribution in [0.5, 0.6) is 0 Å². The number of aliphatic carboxylic acids is 1. The molecule has 0 unspecified atom stereocenters. The van der Waals surface area contributed by atoms with E-state index in [4.69, 9.17) is 10.8 Å². The lowest BCUT2D eigenvalue weighted by molar-refractivity contribution is -0.138. The zero-order valence-electron chi connectivity index (χ0n) is 6.97. The predicted molar refractivity (Wildman–Crippen MR) is 55.1 cm³/mol. The van der Waals surface area contributed by atoms with Crippen molar-refractivity contribution >= 4 is 24.3 Å². The van der Waals surface area contributed by atoms with E-state index in [1.165, 1.54) is 0 Å². The fourth-order valence-corrected chi connectivity index (χ4v) is 1.47. The first-order chi connectivity index (χ1) is 6.15. The highest BCUT2D eigenvalue weighted by molar-refractivity contribution is 7.80. The lowest BCUT2D eigenvalue weighted by atomic mass is 10.0. The van der Waals surface area contributed by atoms with Crippen LogP contribution in [-0.2, 0) is 4.79 Å². The van der Waals surface area contributed by atoms with Crippen molar-refractivity contribution in [1.29, 1.82) is 0 Å². The molecule has 0 heterocycles. The van der Waals surface area contributed by atoms with Crippen LogP contribution >= 0.6 is 12.6 Å². The molecule has 1 rings (SSSR count). The van der Waals surface area contributed by atoms with Gasteiger partial charge < -0.3 is 10.8 Å². The topological polar surface area (TPSA) is 63.3 Å². The summed E-state index contributed by atoms with van der Waals surface area (Å²) in [7, 11) is 0. The Bertz CT molecular complexity index is 314. The number of hydrogen-bond donors (Lipinski definition) is 3. The molecule has 4 heteroatoms. The second-order valence-corrected chi connectivity index (χ2v) is 3.11. The number of rotatable bonds is 3. The SMILES string of the molecule is Nc1cccc([C@H](CS)C(=O)O)c1. The molecule has 0 spiro atoms. The number of hydrogen-bond acceptors (Lipinski definition) is 3. The smallest absolute Gasteiger partial charge is 0.311 e. The van der Waals surface area contributed by atoms with Crippen molar-refractivity contribution in [1.82, 2.24) is 0 Å². The van der Waals surface area contributed by atoms with E-state index in [0.29, 0.717) is 11.3 Å². The minimum absolute atomic E-state index is 0.277. The third kappa shape index (κ3) is 2.39. The van der Waals surface area contributed by atoms with Crippen molar-refractivity contribution in [3.63, 3.8) is 0 Å². The quantitative estimate of drug-likeness (QED) is 0.506. The highest BCUT2D eigenvalue weighted by Gasteiger charge is 2.17. The van der Waals surface area contributed by atoms with Crippen molar-refractivity contribution < 1.29 is 9.90 Å². The van der Waals surface area contributed by atoms with E-state index in [1.807, 2.05) is 0 Å². The standard InChI is InChI=1S/C9H11NO2S/c10-7-3-1-2-6(4-7)8(5-13)9(11)12/h1-4,8,13H,5,10H2,(H,11,12)/t8-/m0/s1. The first kappa shape index (κ1) is 9.92. The Morgan fingerprint density at radius 3 is 2.77 bits per heavy atom. The summed E-state index contributed by atoms with van der Waals surface area (Å²) < 4.78 is 0. The molecule has 0 saturated heterocycles. The minimum Gasteiger partial charge on any atom is -0.481 e. The third-order valence-corrected chi connectivity index (χ3v) is 2.16. The van der Waals surface area contributed by atoms with Crippen LogP contribution in [0.1, 0.15) is 11.5 Å². The van der Waals surface area contributed by atoms with Gasteiger partial charge in [-0.3, -0.25) is 4.79 Å². The number of carbonyl (C=O) groups is 1. The summed E-state index contributed by atoms with van der Waals surface area (Å²) in [5.41, 5.74) is 6.80. The highest BCUT2D eigenvalue weighted by atomic mass is 32.1. The van der Waals surface area contributed by atoms with E-state index >= 15 is 0 Å². The largest absolute Gasteiger partial charge is 0.481 e. The average molecular weight is 197 g/mol.